The molecule has 1 heterocycles. The lowest BCUT2D eigenvalue weighted by molar-refractivity contribution is -0.134. The fourth-order valence-corrected chi connectivity index (χ4v) is 2.17. The number of ether oxygens (including phenoxy) is 1. The minimum Gasteiger partial charge on any atom is -0.375 e. The molecule has 1 aliphatic heterocycles. The minimum absolute atomic E-state index is 0.102. The molecule has 0 N–H and O–H groups in total. The predicted octanol–water partition coefficient (Wildman–Crippen LogP) is 0.554. The van der Waals surface area contributed by atoms with Gasteiger partial charge in [-0.1, -0.05) is 0 Å². The fraction of sp³-hybridized carbons (Fsp3) is 0.857. The Balaban J connectivity index is 2.39. The Morgan fingerprint density at radius 3 is 3.00 bits per heavy atom. The number of carbonyl (C=O) groups excluding carboxylic acids is 1. The molecule has 1 atom stereocenters. The number of hydrogen-bond donors (Lipinski definition) is 0. The van der Waals surface area contributed by atoms with Crippen molar-refractivity contribution in [3.8, 4) is 0 Å². The van der Waals surface area contributed by atoms with Crippen molar-refractivity contribution in [2.75, 3.05) is 26.0 Å². The smallest absolute Gasteiger partial charge is 0.249 e. The van der Waals surface area contributed by atoms with Crippen LogP contribution >= 0.6 is 11.8 Å². The van der Waals surface area contributed by atoms with Crippen molar-refractivity contribution < 1.29 is 9.53 Å². The van der Waals surface area contributed by atoms with Gasteiger partial charge in [0.05, 0.1) is 5.37 Å². The Hall–Kier alpha value is -0.220. The van der Waals surface area contributed by atoms with Gasteiger partial charge in [-0.2, -0.15) is 0 Å². The maximum absolute atomic E-state index is 11.2. The van der Waals surface area contributed by atoms with Gasteiger partial charge in [0.2, 0.25) is 5.91 Å². The van der Waals surface area contributed by atoms with E-state index in [1.165, 1.54) is 0 Å². The van der Waals surface area contributed by atoms with Crippen LogP contribution in [0.15, 0.2) is 0 Å². The average molecular weight is 175 g/mol. The van der Waals surface area contributed by atoms with Gasteiger partial charge in [0, 0.05) is 19.4 Å². The zero-order valence-electron chi connectivity index (χ0n) is 6.87. The molecular weight excluding hydrogens is 162 g/mol. The summed E-state index contributed by atoms with van der Waals surface area (Å²) >= 11 is 1.81. The van der Waals surface area contributed by atoms with Gasteiger partial charge in [-0.15, -0.1) is 11.8 Å². The highest BCUT2D eigenvalue weighted by atomic mass is 32.2. The van der Waals surface area contributed by atoms with Gasteiger partial charge in [0.1, 0.15) is 6.61 Å². The van der Waals surface area contributed by atoms with Crippen molar-refractivity contribution in [3.63, 3.8) is 0 Å². The van der Waals surface area contributed by atoms with Gasteiger partial charge >= 0.3 is 0 Å². The van der Waals surface area contributed by atoms with Crippen LogP contribution < -0.4 is 0 Å². The number of amides is 1. The van der Waals surface area contributed by atoms with Crippen LogP contribution in [0.3, 0.4) is 0 Å². The molecule has 0 spiro atoms. The van der Waals surface area contributed by atoms with Gasteiger partial charge in [-0.3, -0.25) is 4.79 Å². The van der Waals surface area contributed by atoms with E-state index in [9.17, 15) is 4.79 Å². The summed E-state index contributed by atoms with van der Waals surface area (Å²) in [5.41, 5.74) is 0. The van der Waals surface area contributed by atoms with Crippen molar-refractivity contribution in [3.05, 3.63) is 0 Å². The second-order valence-electron chi connectivity index (χ2n) is 2.49. The van der Waals surface area contributed by atoms with Crippen molar-refractivity contribution >= 4 is 17.7 Å². The molecule has 0 aromatic carbocycles. The molecule has 1 unspecified atom stereocenters. The van der Waals surface area contributed by atoms with Crippen LogP contribution in [0.4, 0.5) is 0 Å². The van der Waals surface area contributed by atoms with Crippen molar-refractivity contribution in [1.29, 1.82) is 0 Å². The van der Waals surface area contributed by atoms with E-state index in [1.54, 1.807) is 7.11 Å². The Morgan fingerprint density at radius 2 is 2.55 bits per heavy atom. The summed E-state index contributed by atoms with van der Waals surface area (Å²) < 4.78 is 4.76. The summed E-state index contributed by atoms with van der Waals surface area (Å²) in [7, 11) is 1.55. The summed E-state index contributed by atoms with van der Waals surface area (Å²) in [4.78, 5) is 13.1. The highest BCUT2D eigenvalue weighted by molar-refractivity contribution is 8.00. The maximum Gasteiger partial charge on any atom is 0.249 e. The molecule has 0 aromatic rings. The Bertz CT molecular complexity index is 151. The fourth-order valence-electron chi connectivity index (χ4n) is 1.13. The van der Waals surface area contributed by atoms with Crippen LogP contribution in [0.1, 0.15) is 6.92 Å². The van der Waals surface area contributed by atoms with Crippen LogP contribution in [-0.4, -0.2) is 42.2 Å². The molecule has 0 saturated carbocycles. The van der Waals surface area contributed by atoms with Gasteiger partial charge in [0.15, 0.2) is 0 Å². The third kappa shape index (κ3) is 2.10. The molecule has 0 aliphatic carbocycles. The van der Waals surface area contributed by atoms with Crippen LogP contribution in [0.25, 0.3) is 0 Å². The Labute approximate surface area is 71.1 Å². The summed E-state index contributed by atoms with van der Waals surface area (Å²) in [6.07, 6.45) is 0. The first-order valence-corrected chi connectivity index (χ1v) is 4.70. The van der Waals surface area contributed by atoms with Crippen LogP contribution in [0.2, 0.25) is 0 Å². The van der Waals surface area contributed by atoms with Gasteiger partial charge in [-0.05, 0) is 6.92 Å². The third-order valence-electron chi connectivity index (χ3n) is 1.72. The lowest BCUT2D eigenvalue weighted by Crippen LogP contribution is -2.35. The molecule has 4 heteroatoms. The predicted molar refractivity (Wildman–Crippen MR) is 45.5 cm³/mol. The highest BCUT2D eigenvalue weighted by Crippen LogP contribution is 2.22. The van der Waals surface area contributed by atoms with Gasteiger partial charge in [-0.25, -0.2) is 0 Å². The van der Waals surface area contributed by atoms with E-state index in [0.717, 1.165) is 12.3 Å². The molecule has 1 amide bonds. The molecule has 1 saturated heterocycles. The van der Waals surface area contributed by atoms with E-state index in [0.29, 0.717) is 5.37 Å². The normalized spacial score (nSPS) is 24.2. The monoisotopic (exact) mass is 175 g/mol. The SMILES string of the molecule is COCC(=O)N1CCSC1C. The molecule has 0 radical (unpaired) electrons. The molecule has 0 aromatic heterocycles. The van der Waals surface area contributed by atoms with Crippen molar-refractivity contribution in [1.82, 2.24) is 4.90 Å². The average Bonchev–Trinajstić information content (AvgIpc) is 2.36. The van der Waals surface area contributed by atoms with Crippen molar-refractivity contribution in [2.45, 2.75) is 12.3 Å². The molecule has 1 fully saturated rings. The minimum atomic E-state index is 0.102. The number of rotatable bonds is 2. The standard InChI is InChI=1S/C7H13NO2S/c1-6-8(3-4-11-6)7(9)5-10-2/h6H,3-5H2,1-2H3. The summed E-state index contributed by atoms with van der Waals surface area (Å²) in [5.74, 6) is 1.15. The van der Waals surface area contributed by atoms with E-state index < -0.39 is 0 Å². The molecule has 0 bridgehead atoms. The first kappa shape index (κ1) is 8.87. The summed E-state index contributed by atoms with van der Waals surface area (Å²) in [5, 5.41) is 0.331. The largest absolute Gasteiger partial charge is 0.375 e. The first-order chi connectivity index (χ1) is 5.25. The number of nitrogens with zero attached hydrogens (tertiary/aromatic N) is 1. The molecule has 3 nitrogen and oxygen atoms in total. The molecule has 64 valence electrons. The van der Waals surface area contributed by atoms with E-state index in [2.05, 4.69) is 0 Å². The van der Waals surface area contributed by atoms with Crippen molar-refractivity contribution in [2.24, 2.45) is 0 Å². The quantitative estimate of drug-likeness (QED) is 0.614. The zero-order valence-corrected chi connectivity index (χ0v) is 7.69. The van der Waals surface area contributed by atoms with Crippen LogP contribution in [0, 0.1) is 0 Å². The van der Waals surface area contributed by atoms with Gasteiger partial charge < -0.3 is 9.64 Å². The second kappa shape index (κ2) is 3.97. The van der Waals surface area contributed by atoms with E-state index in [1.807, 2.05) is 23.6 Å². The van der Waals surface area contributed by atoms with Gasteiger partial charge in [0.25, 0.3) is 0 Å². The van der Waals surface area contributed by atoms with E-state index >= 15 is 0 Å². The summed E-state index contributed by atoms with van der Waals surface area (Å²) in [6, 6.07) is 0. The molecule has 11 heavy (non-hydrogen) atoms. The highest BCUT2D eigenvalue weighted by Gasteiger charge is 2.24. The zero-order chi connectivity index (χ0) is 8.27. The maximum atomic E-state index is 11.2. The third-order valence-corrected chi connectivity index (χ3v) is 2.87. The van der Waals surface area contributed by atoms with E-state index in [4.69, 9.17) is 4.74 Å². The lowest BCUT2D eigenvalue weighted by atomic mass is 10.5. The number of hydrogen-bond acceptors (Lipinski definition) is 3. The topological polar surface area (TPSA) is 29.5 Å². The van der Waals surface area contributed by atoms with Crippen LogP contribution in [0.5, 0.6) is 0 Å². The Kier molecular flexibility index (Phi) is 3.20. The number of carbonyl (C=O) groups is 1. The first-order valence-electron chi connectivity index (χ1n) is 3.65. The lowest BCUT2D eigenvalue weighted by Gasteiger charge is -2.19. The van der Waals surface area contributed by atoms with Crippen LogP contribution in [-0.2, 0) is 9.53 Å². The Morgan fingerprint density at radius 1 is 1.82 bits per heavy atom. The van der Waals surface area contributed by atoms with E-state index in [-0.39, 0.29) is 12.5 Å². The summed E-state index contributed by atoms with van der Waals surface area (Å²) in [6.45, 7) is 3.13. The number of methoxy groups -OCH3 is 1. The molecule has 1 rings (SSSR count). The molecule has 1 aliphatic rings. The second-order valence-corrected chi connectivity index (χ2v) is 3.91. The number of thioether (sulfide) groups is 1. The molecular formula is C7H13NO2S.